The Morgan fingerprint density at radius 3 is 2.41 bits per heavy atom. The standard InChI is InChI=1S/C17H19FN2O2/c1-13-3-9-16(10-4-13)22-12-11-20(2)17(21)19-15-7-5-14(18)6-8-15/h3-10H,11-12H2,1-2H3,(H,19,21). The third kappa shape index (κ3) is 4.77. The number of carbonyl (C=O) groups excluding carboxylic acids is 1. The highest BCUT2D eigenvalue weighted by atomic mass is 19.1. The van der Waals surface area contributed by atoms with Gasteiger partial charge in [-0.3, -0.25) is 0 Å². The predicted molar refractivity (Wildman–Crippen MR) is 84.7 cm³/mol. The summed E-state index contributed by atoms with van der Waals surface area (Å²) in [6.45, 7) is 2.86. The summed E-state index contributed by atoms with van der Waals surface area (Å²) in [5.41, 5.74) is 1.72. The van der Waals surface area contributed by atoms with Gasteiger partial charge in [0.15, 0.2) is 0 Å². The zero-order chi connectivity index (χ0) is 15.9. The van der Waals surface area contributed by atoms with Gasteiger partial charge in [0, 0.05) is 12.7 Å². The minimum Gasteiger partial charge on any atom is -0.492 e. The van der Waals surface area contributed by atoms with Crippen LogP contribution in [0.3, 0.4) is 0 Å². The van der Waals surface area contributed by atoms with Crippen molar-refractivity contribution in [2.45, 2.75) is 6.92 Å². The van der Waals surface area contributed by atoms with E-state index in [9.17, 15) is 9.18 Å². The average molecular weight is 302 g/mol. The Morgan fingerprint density at radius 1 is 1.14 bits per heavy atom. The van der Waals surface area contributed by atoms with Gasteiger partial charge in [-0.1, -0.05) is 17.7 Å². The molecular weight excluding hydrogens is 283 g/mol. The summed E-state index contributed by atoms with van der Waals surface area (Å²) in [5, 5.41) is 2.69. The van der Waals surface area contributed by atoms with Crippen LogP contribution in [0.15, 0.2) is 48.5 Å². The van der Waals surface area contributed by atoms with Crippen LogP contribution in [-0.4, -0.2) is 31.1 Å². The van der Waals surface area contributed by atoms with Crippen LogP contribution in [0.2, 0.25) is 0 Å². The maximum absolute atomic E-state index is 12.8. The number of aryl methyl sites for hydroxylation is 1. The zero-order valence-electron chi connectivity index (χ0n) is 12.7. The molecule has 0 unspecified atom stereocenters. The lowest BCUT2D eigenvalue weighted by Crippen LogP contribution is -2.34. The number of ether oxygens (including phenoxy) is 1. The van der Waals surface area contributed by atoms with Gasteiger partial charge < -0.3 is 15.0 Å². The molecule has 4 nitrogen and oxygen atoms in total. The van der Waals surface area contributed by atoms with Gasteiger partial charge >= 0.3 is 6.03 Å². The molecule has 116 valence electrons. The van der Waals surface area contributed by atoms with Crippen molar-refractivity contribution >= 4 is 11.7 Å². The minimum absolute atomic E-state index is 0.265. The molecule has 0 heterocycles. The largest absolute Gasteiger partial charge is 0.492 e. The molecule has 1 N–H and O–H groups in total. The molecule has 0 aliphatic heterocycles. The zero-order valence-corrected chi connectivity index (χ0v) is 12.7. The molecule has 2 amide bonds. The number of urea groups is 1. The van der Waals surface area contributed by atoms with E-state index in [1.165, 1.54) is 34.7 Å². The number of amides is 2. The van der Waals surface area contributed by atoms with Crippen LogP contribution in [0.5, 0.6) is 5.75 Å². The summed E-state index contributed by atoms with van der Waals surface area (Å²) in [6, 6.07) is 13.1. The molecular formula is C17H19FN2O2. The SMILES string of the molecule is Cc1ccc(OCCN(C)C(=O)Nc2ccc(F)cc2)cc1. The molecule has 0 aliphatic carbocycles. The first kappa shape index (κ1) is 15.8. The van der Waals surface area contributed by atoms with E-state index in [2.05, 4.69) is 5.32 Å². The van der Waals surface area contributed by atoms with E-state index < -0.39 is 0 Å². The van der Waals surface area contributed by atoms with Gasteiger partial charge in [-0.2, -0.15) is 0 Å². The van der Waals surface area contributed by atoms with Crippen molar-refractivity contribution in [2.75, 3.05) is 25.5 Å². The lowest BCUT2D eigenvalue weighted by atomic mass is 10.2. The Balaban J connectivity index is 1.76. The highest BCUT2D eigenvalue weighted by Crippen LogP contribution is 2.11. The summed E-state index contributed by atoms with van der Waals surface area (Å²) < 4.78 is 18.4. The van der Waals surface area contributed by atoms with Gasteiger partial charge in [-0.05, 0) is 43.3 Å². The van der Waals surface area contributed by atoms with Crippen molar-refractivity contribution in [3.05, 3.63) is 59.9 Å². The fourth-order valence-corrected chi connectivity index (χ4v) is 1.79. The molecule has 0 aliphatic rings. The molecule has 0 atom stereocenters. The predicted octanol–water partition coefficient (Wildman–Crippen LogP) is 3.68. The van der Waals surface area contributed by atoms with Crippen LogP contribution in [0.4, 0.5) is 14.9 Å². The number of likely N-dealkylation sites (N-methyl/N-ethyl adjacent to an activating group) is 1. The summed E-state index contributed by atoms with van der Waals surface area (Å²) >= 11 is 0. The minimum atomic E-state index is -0.335. The summed E-state index contributed by atoms with van der Waals surface area (Å²) in [6.07, 6.45) is 0. The van der Waals surface area contributed by atoms with Gasteiger partial charge in [0.25, 0.3) is 0 Å². The van der Waals surface area contributed by atoms with Crippen LogP contribution in [-0.2, 0) is 0 Å². The van der Waals surface area contributed by atoms with Crippen LogP contribution < -0.4 is 10.1 Å². The second-order valence-electron chi connectivity index (χ2n) is 5.02. The normalized spacial score (nSPS) is 10.1. The van der Waals surface area contributed by atoms with Crippen molar-refractivity contribution in [2.24, 2.45) is 0 Å². The first-order valence-electron chi connectivity index (χ1n) is 7.02. The molecule has 0 spiro atoms. The number of anilines is 1. The molecule has 22 heavy (non-hydrogen) atoms. The van der Waals surface area contributed by atoms with Gasteiger partial charge in [0.2, 0.25) is 0 Å². The van der Waals surface area contributed by atoms with E-state index in [-0.39, 0.29) is 11.8 Å². The average Bonchev–Trinajstić information content (AvgIpc) is 2.51. The number of carbonyl (C=O) groups is 1. The maximum Gasteiger partial charge on any atom is 0.321 e. The Bertz CT molecular complexity index is 612. The molecule has 0 aromatic heterocycles. The van der Waals surface area contributed by atoms with E-state index >= 15 is 0 Å². The van der Waals surface area contributed by atoms with Gasteiger partial charge in [0.1, 0.15) is 18.2 Å². The van der Waals surface area contributed by atoms with Crippen molar-refractivity contribution < 1.29 is 13.9 Å². The van der Waals surface area contributed by atoms with Crippen LogP contribution >= 0.6 is 0 Å². The number of nitrogens with one attached hydrogen (secondary N) is 1. The lowest BCUT2D eigenvalue weighted by molar-refractivity contribution is 0.207. The number of halogens is 1. The molecule has 2 rings (SSSR count). The van der Waals surface area contributed by atoms with Gasteiger partial charge in [0.05, 0.1) is 6.54 Å². The lowest BCUT2D eigenvalue weighted by Gasteiger charge is -2.18. The molecule has 0 radical (unpaired) electrons. The summed E-state index contributed by atoms with van der Waals surface area (Å²) in [4.78, 5) is 13.5. The first-order valence-corrected chi connectivity index (χ1v) is 7.02. The van der Waals surface area contributed by atoms with E-state index in [1.807, 2.05) is 31.2 Å². The molecule has 0 saturated heterocycles. The number of nitrogens with zero attached hydrogens (tertiary/aromatic N) is 1. The van der Waals surface area contributed by atoms with Crippen LogP contribution in [0.25, 0.3) is 0 Å². The van der Waals surface area contributed by atoms with Gasteiger partial charge in [-0.25, -0.2) is 9.18 Å². The van der Waals surface area contributed by atoms with Crippen LogP contribution in [0, 0.1) is 12.7 Å². The number of benzene rings is 2. The smallest absolute Gasteiger partial charge is 0.321 e. The molecule has 5 heteroatoms. The van der Waals surface area contributed by atoms with Crippen molar-refractivity contribution in [3.8, 4) is 5.75 Å². The second kappa shape index (κ2) is 7.45. The number of hydrogen-bond donors (Lipinski definition) is 1. The molecule has 2 aromatic rings. The Labute approximate surface area is 129 Å². The molecule has 0 fully saturated rings. The molecule has 0 saturated carbocycles. The highest BCUT2D eigenvalue weighted by Gasteiger charge is 2.08. The van der Waals surface area contributed by atoms with E-state index in [0.717, 1.165) is 5.75 Å². The quantitative estimate of drug-likeness (QED) is 0.915. The second-order valence-corrected chi connectivity index (χ2v) is 5.02. The molecule has 0 bridgehead atoms. The summed E-state index contributed by atoms with van der Waals surface area (Å²) in [5.74, 6) is 0.441. The van der Waals surface area contributed by atoms with Gasteiger partial charge in [-0.15, -0.1) is 0 Å². The molecule has 2 aromatic carbocycles. The Kier molecular flexibility index (Phi) is 5.36. The monoisotopic (exact) mass is 302 g/mol. The van der Waals surface area contributed by atoms with Crippen molar-refractivity contribution in [3.63, 3.8) is 0 Å². The maximum atomic E-state index is 12.8. The Hall–Kier alpha value is -2.56. The highest BCUT2D eigenvalue weighted by molar-refractivity contribution is 5.89. The van der Waals surface area contributed by atoms with E-state index in [4.69, 9.17) is 4.74 Å². The Morgan fingerprint density at radius 2 is 1.77 bits per heavy atom. The van der Waals surface area contributed by atoms with Crippen LogP contribution in [0.1, 0.15) is 5.56 Å². The fourth-order valence-electron chi connectivity index (χ4n) is 1.79. The third-order valence-electron chi connectivity index (χ3n) is 3.16. The van der Waals surface area contributed by atoms with E-state index in [1.54, 1.807) is 7.05 Å². The van der Waals surface area contributed by atoms with E-state index in [0.29, 0.717) is 18.8 Å². The van der Waals surface area contributed by atoms with Crippen molar-refractivity contribution in [1.29, 1.82) is 0 Å². The number of hydrogen-bond acceptors (Lipinski definition) is 2. The summed E-state index contributed by atoms with van der Waals surface area (Å²) in [7, 11) is 1.68. The number of rotatable bonds is 5. The fraction of sp³-hybridized carbons (Fsp3) is 0.235. The topological polar surface area (TPSA) is 41.6 Å². The first-order chi connectivity index (χ1) is 10.5. The van der Waals surface area contributed by atoms with Crippen molar-refractivity contribution in [1.82, 2.24) is 4.90 Å². The third-order valence-corrected chi connectivity index (χ3v) is 3.16.